The first-order valence-electron chi connectivity index (χ1n) is 9.66. The fraction of sp³-hybridized carbons (Fsp3) is 0.476. The first kappa shape index (κ1) is 19.9. The molecule has 1 N–H and O–H groups in total. The van der Waals surface area contributed by atoms with Crippen molar-refractivity contribution in [2.45, 2.75) is 26.2 Å². The Labute approximate surface area is 167 Å². The molecule has 0 saturated carbocycles. The molecule has 0 atom stereocenters. The molecule has 0 aliphatic carbocycles. The molecule has 3 rings (SSSR count). The molecule has 1 aliphatic rings. The number of nitrogens with one attached hydrogen (secondary N) is 1. The number of nitrogens with zero attached hydrogens (tertiary/aromatic N) is 5. The number of hydrogen-bond acceptors (Lipinski definition) is 5. The minimum Gasteiger partial charge on any atom is -0.361 e. The highest BCUT2D eigenvalue weighted by Crippen LogP contribution is 2.23. The van der Waals surface area contributed by atoms with Crippen LogP contribution in [-0.4, -0.2) is 61.4 Å². The van der Waals surface area contributed by atoms with Crippen LogP contribution in [0.1, 0.15) is 26.3 Å². The van der Waals surface area contributed by atoms with Gasteiger partial charge in [-0.3, -0.25) is 0 Å². The number of anilines is 3. The first-order valence-corrected chi connectivity index (χ1v) is 9.66. The van der Waals surface area contributed by atoms with Crippen LogP contribution in [0, 0.1) is 0 Å². The molecule has 2 heterocycles. The summed E-state index contributed by atoms with van der Waals surface area (Å²) in [6.07, 6.45) is 0. The van der Waals surface area contributed by atoms with E-state index in [2.05, 4.69) is 53.3 Å². The van der Waals surface area contributed by atoms with Crippen LogP contribution in [0.5, 0.6) is 0 Å². The molecule has 1 aliphatic heterocycles. The second kappa shape index (κ2) is 8.04. The van der Waals surface area contributed by atoms with Gasteiger partial charge in [0, 0.05) is 46.0 Å². The predicted molar refractivity (Wildman–Crippen MR) is 114 cm³/mol. The molecule has 0 unspecified atom stereocenters. The fourth-order valence-electron chi connectivity index (χ4n) is 3.12. The Morgan fingerprint density at radius 2 is 1.61 bits per heavy atom. The van der Waals surface area contributed by atoms with Crippen molar-refractivity contribution in [3.63, 3.8) is 0 Å². The van der Waals surface area contributed by atoms with Crippen LogP contribution in [0.4, 0.5) is 22.1 Å². The van der Waals surface area contributed by atoms with Gasteiger partial charge in [-0.1, -0.05) is 32.9 Å². The molecule has 1 saturated heterocycles. The Morgan fingerprint density at radius 1 is 0.964 bits per heavy atom. The number of rotatable bonds is 3. The van der Waals surface area contributed by atoms with E-state index in [1.807, 2.05) is 48.2 Å². The molecule has 2 aromatic rings. The average Bonchev–Trinajstić information content (AvgIpc) is 2.68. The Bertz CT molecular complexity index is 787. The van der Waals surface area contributed by atoms with Crippen molar-refractivity contribution >= 4 is 23.4 Å². The van der Waals surface area contributed by atoms with Gasteiger partial charge >= 0.3 is 6.03 Å². The number of urea groups is 1. The largest absolute Gasteiger partial charge is 0.361 e. The summed E-state index contributed by atoms with van der Waals surface area (Å²) in [5, 5.41) is 11.5. The minimum atomic E-state index is -0.0581. The number of carbonyl (C=O) groups is 1. The van der Waals surface area contributed by atoms with Crippen molar-refractivity contribution in [2.75, 3.05) is 55.4 Å². The Kier molecular flexibility index (Phi) is 5.72. The van der Waals surface area contributed by atoms with E-state index in [-0.39, 0.29) is 11.4 Å². The summed E-state index contributed by atoms with van der Waals surface area (Å²) in [6.45, 7) is 9.33. The summed E-state index contributed by atoms with van der Waals surface area (Å²) in [4.78, 5) is 18.5. The van der Waals surface area contributed by atoms with Crippen LogP contribution in [0.2, 0.25) is 0 Å². The van der Waals surface area contributed by atoms with E-state index in [1.54, 1.807) is 0 Å². The third kappa shape index (κ3) is 4.71. The molecule has 28 heavy (non-hydrogen) atoms. The molecule has 1 aromatic heterocycles. The van der Waals surface area contributed by atoms with E-state index in [1.165, 1.54) is 5.56 Å². The zero-order chi connectivity index (χ0) is 20.3. The average molecular weight is 383 g/mol. The zero-order valence-electron chi connectivity index (χ0n) is 17.4. The lowest BCUT2D eigenvalue weighted by atomic mass is 9.87. The second-order valence-corrected chi connectivity index (χ2v) is 8.38. The maximum atomic E-state index is 12.6. The van der Waals surface area contributed by atoms with Gasteiger partial charge in [0.15, 0.2) is 11.6 Å². The molecule has 0 bridgehead atoms. The normalized spacial score (nSPS) is 14.8. The van der Waals surface area contributed by atoms with Gasteiger partial charge in [-0.2, -0.15) is 0 Å². The highest BCUT2D eigenvalue weighted by atomic mass is 16.2. The van der Waals surface area contributed by atoms with E-state index in [4.69, 9.17) is 0 Å². The van der Waals surface area contributed by atoms with Crippen molar-refractivity contribution in [3.8, 4) is 0 Å². The van der Waals surface area contributed by atoms with Gasteiger partial charge in [0.25, 0.3) is 0 Å². The topological polar surface area (TPSA) is 64.6 Å². The summed E-state index contributed by atoms with van der Waals surface area (Å²) in [5.74, 6) is 1.68. The summed E-state index contributed by atoms with van der Waals surface area (Å²) in [6, 6.07) is 12.0. The smallest absolute Gasteiger partial charge is 0.321 e. The van der Waals surface area contributed by atoms with Gasteiger partial charge in [0.1, 0.15) is 0 Å². The Hall–Kier alpha value is -2.83. The molecular weight excluding hydrogens is 352 g/mol. The lowest BCUT2D eigenvalue weighted by molar-refractivity contribution is 0.208. The highest BCUT2D eigenvalue weighted by molar-refractivity contribution is 5.89. The van der Waals surface area contributed by atoms with Crippen LogP contribution in [-0.2, 0) is 5.41 Å². The van der Waals surface area contributed by atoms with Crippen molar-refractivity contribution in [1.82, 2.24) is 15.1 Å². The van der Waals surface area contributed by atoms with Crippen molar-refractivity contribution < 1.29 is 4.79 Å². The zero-order valence-corrected chi connectivity index (χ0v) is 17.4. The van der Waals surface area contributed by atoms with Gasteiger partial charge in [-0.15, -0.1) is 10.2 Å². The molecule has 1 fully saturated rings. The van der Waals surface area contributed by atoms with E-state index < -0.39 is 0 Å². The summed E-state index contributed by atoms with van der Waals surface area (Å²) in [7, 11) is 3.88. The quantitative estimate of drug-likeness (QED) is 0.883. The number of benzene rings is 1. The Morgan fingerprint density at radius 3 is 2.11 bits per heavy atom. The maximum Gasteiger partial charge on any atom is 0.321 e. The SMILES string of the molecule is CN(C)c1ccc(N2CCN(C(=O)Nc3ccc(C(C)(C)C)cc3)CC2)nn1. The maximum absolute atomic E-state index is 12.6. The molecule has 150 valence electrons. The van der Waals surface area contributed by atoms with Gasteiger partial charge in [-0.25, -0.2) is 4.79 Å². The van der Waals surface area contributed by atoms with E-state index >= 15 is 0 Å². The molecule has 2 amide bonds. The summed E-state index contributed by atoms with van der Waals surface area (Å²) < 4.78 is 0. The van der Waals surface area contributed by atoms with E-state index in [9.17, 15) is 4.79 Å². The molecule has 7 nitrogen and oxygen atoms in total. The van der Waals surface area contributed by atoms with Gasteiger partial charge in [0.05, 0.1) is 0 Å². The van der Waals surface area contributed by atoms with Crippen molar-refractivity contribution in [2.24, 2.45) is 0 Å². The van der Waals surface area contributed by atoms with Crippen molar-refractivity contribution in [3.05, 3.63) is 42.0 Å². The van der Waals surface area contributed by atoms with Crippen molar-refractivity contribution in [1.29, 1.82) is 0 Å². The number of hydrogen-bond donors (Lipinski definition) is 1. The van der Waals surface area contributed by atoms with Gasteiger partial charge < -0.3 is 20.0 Å². The van der Waals surface area contributed by atoms with E-state index in [0.29, 0.717) is 13.1 Å². The second-order valence-electron chi connectivity index (χ2n) is 8.38. The number of carbonyl (C=O) groups excluding carboxylic acids is 1. The van der Waals surface area contributed by atoms with E-state index in [0.717, 1.165) is 30.4 Å². The summed E-state index contributed by atoms with van der Waals surface area (Å²) >= 11 is 0. The number of piperazine rings is 1. The lowest BCUT2D eigenvalue weighted by Crippen LogP contribution is -2.50. The monoisotopic (exact) mass is 382 g/mol. The first-order chi connectivity index (χ1) is 13.2. The van der Waals surface area contributed by atoms with Crippen LogP contribution >= 0.6 is 0 Å². The molecule has 1 aromatic carbocycles. The number of aromatic nitrogens is 2. The Balaban J connectivity index is 1.53. The molecule has 0 spiro atoms. The summed E-state index contributed by atoms with van der Waals surface area (Å²) in [5.41, 5.74) is 2.18. The van der Waals surface area contributed by atoms with Crippen LogP contribution in [0.25, 0.3) is 0 Å². The van der Waals surface area contributed by atoms with Crippen LogP contribution in [0.15, 0.2) is 36.4 Å². The third-order valence-corrected chi connectivity index (χ3v) is 4.99. The van der Waals surface area contributed by atoms with Crippen LogP contribution in [0.3, 0.4) is 0 Å². The minimum absolute atomic E-state index is 0.0581. The third-order valence-electron chi connectivity index (χ3n) is 4.99. The standard InChI is InChI=1S/C21H30N6O/c1-21(2,3)16-6-8-17(9-7-16)22-20(28)27-14-12-26(13-15-27)19-11-10-18(23-24-19)25(4)5/h6-11H,12-15H2,1-5H3,(H,22,28). The van der Waals surface area contributed by atoms with Crippen LogP contribution < -0.4 is 15.1 Å². The lowest BCUT2D eigenvalue weighted by Gasteiger charge is -2.35. The number of amides is 2. The molecular formula is C21H30N6O. The predicted octanol–water partition coefficient (Wildman–Crippen LogP) is 3.19. The molecule has 0 radical (unpaired) electrons. The molecule has 7 heteroatoms. The fourth-order valence-corrected chi connectivity index (χ4v) is 3.12. The highest BCUT2D eigenvalue weighted by Gasteiger charge is 2.22. The van der Waals surface area contributed by atoms with Gasteiger partial charge in [0.2, 0.25) is 0 Å². The van der Waals surface area contributed by atoms with Gasteiger partial charge in [-0.05, 0) is 35.2 Å².